The van der Waals surface area contributed by atoms with Crippen LogP contribution in [0.25, 0.3) is 0 Å². The Morgan fingerprint density at radius 3 is 2.74 bits per heavy atom. The molecule has 1 aliphatic rings. The molecule has 1 N–H and O–H groups in total. The molecule has 0 saturated carbocycles. The fourth-order valence-electron chi connectivity index (χ4n) is 2.38. The van der Waals surface area contributed by atoms with Crippen LogP contribution in [-0.4, -0.2) is 40.1 Å². The highest BCUT2D eigenvalue weighted by atomic mass is 16.5. The molecule has 0 amide bonds. The number of aromatic nitrogens is 2. The lowest BCUT2D eigenvalue weighted by molar-refractivity contribution is 0.0586. The van der Waals surface area contributed by atoms with Gasteiger partial charge in [-0.2, -0.15) is 0 Å². The first-order chi connectivity index (χ1) is 9.11. The molecule has 1 aromatic rings. The van der Waals surface area contributed by atoms with Crippen LogP contribution < -0.4 is 5.43 Å². The Morgan fingerprint density at radius 2 is 2.11 bits per heavy atom. The summed E-state index contributed by atoms with van der Waals surface area (Å²) < 4.78 is 4.62. The van der Waals surface area contributed by atoms with Gasteiger partial charge in [0.15, 0.2) is 0 Å². The highest BCUT2D eigenvalue weighted by molar-refractivity contribution is 5.85. The largest absolute Gasteiger partial charge is 0.463 e. The lowest BCUT2D eigenvalue weighted by Crippen LogP contribution is -2.47. The summed E-state index contributed by atoms with van der Waals surface area (Å²) >= 11 is 0. The van der Waals surface area contributed by atoms with Gasteiger partial charge in [0.2, 0.25) is 5.82 Å². The van der Waals surface area contributed by atoms with Crippen molar-refractivity contribution in [2.45, 2.75) is 45.2 Å². The van der Waals surface area contributed by atoms with E-state index in [9.17, 15) is 4.79 Å². The van der Waals surface area contributed by atoms with Crippen LogP contribution in [0.3, 0.4) is 0 Å². The second kappa shape index (κ2) is 5.97. The molecule has 1 fully saturated rings. The summed E-state index contributed by atoms with van der Waals surface area (Å²) in [5.74, 6) is 0.171. The van der Waals surface area contributed by atoms with Gasteiger partial charge in [-0.3, -0.25) is 0 Å². The van der Waals surface area contributed by atoms with E-state index in [0.29, 0.717) is 17.9 Å². The third-order valence-electron chi connectivity index (χ3n) is 3.46. The standard InChI is InChI=1S/C13H20N4O2/c1-9-5-4-6-10(2)17(9)16-11-7-8-14-12(15-11)13(18)19-3/h7-10H,4-6H2,1-3H3,(H,14,15,16). The van der Waals surface area contributed by atoms with Gasteiger partial charge >= 0.3 is 5.97 Å². The fraction of sp³-hybridized carbons (Fsp3) is 0.615. The van der Waals surface area contributed by atoms with Crippen LogP contribution >= 0.6 is 0 Å². The average Bonchev–Trinajstić information content (AvgIpc) is 2.42. The first-order valence-electron chi connectivity index (χ1n) is 6.58. The van der Waals surface area contributed by atoms with Crippen molar-refractivity contribution in [1.29, 1.82) is 0 Å². The molecule has 2 rings (SSSR count). The van der Waals surface area contributed by atoms with E-state index in [0.717, 1.165) is 12.8 Å². The van der Waals surface area contributed by atoms with Crippen molar-refractivity contribution in [3.8, 4) is 0 Å². The third kappa shape index (κ3) is 3.20. The third-order valence-corrected chi connectivity index (χ3v) is 3.46. The number of hydrogen-bond donors (Lipinski definition) is 1. The fourth-order valence-corrected chi connectivity index (χ4v) is 2.38. The number of anilines is 1. The number of hydrazine groups is 1. The van der Waals surface area contributed by atoms with Crippen molar-refractivity contribution in [2.24, 2.45) is 0 Å². The van der Waals surface area contributed by atoms with Crippen LogP contribution in [-0.2, 0) is 4.74 Å². The van der Waals surface area contributed by atoms with E-state index in [1.54, 1.807) is 12.3 Å². The minimum Gasteiger partial charge on any atom is -0.463 e. The monoisotopic (exact) mass is 264 g/mol. The van der Waals surface area contributed by atoms with Gasteiger partial charge < -0.3 is 10.2 Å². The van der Waals surface area contributed by atoms with Crippen LogP contribution in [0.5, 0.6) is 0 Å². The van der Waals surface area contributed by atoms with Crippen molar-refractivity contribution in [3.05, 3.63) is 18.1 Å². The number of esters is 1. The van der Waals surface area contributed by atoms with Crippen LogP contribution in [0.1, 0.15) is 43.7 Å². The SMILES string of the molecule is COC(=O)c1nccc(NN2C(C)CCCC2C)n1. The minimum absolute atomic E-state index is 0.0739. The summed E-state index contributed by atoms with van der Waals surface area (Å²) in [5, 5.41) is 2.19. The van der Waals surface area contributed by atoms with Crippen LogP contribution in [0.15, 0.2) is 12.3 Å². The predicted molar refractivity (Wildman–Crippen MR) is 71.6 cm³/mol. The van der Waals surface area contributed by atoms with Gasteiger partial charge in [-0.25, -0.2) is 19.8 Å². The Morgan fingerprint density at radius 1 is 1.42 bits per heavy atom. The maximum Gasteiger partial charge on any atom is 0.376 e. The summed E-state index contributed by atoms with van der Waals surface area (Å²) in [4.78, 5) is 19.5. The molecular weight excluding hydrogens is 244 g/mol. The maximum atomic E-state index is 11.4. The molecule has 0 bridgehead atoms. The molecule has 2 atom stereocenters. The quantitative estimate of drug-likeness (QED) is 0.840. The van der Waals surface area contributed by atoms with E-state index < -0.39 is 5.97 Å². The van der Waals surface area contributed by atoms with E-state index >= 15 is 0 Å². The number of methoxy groups -OCH3 is 1. The van der Waals surface area contributed by atoms with Gasteiger partial charge in [0.1, 0.15) is 5.82 Å². The van der Waals surface area contributed by atoms with E-state index in [-0.39, 0.29) is 5.82 Å². The van der Waals surface area contributed by atoms with Crippen molar-refractivity contribution >= 4 is 11.8 Å². The van der Waals surface area contributed by atoms with E-state index in [2.05, 4.69) is 39.0 Å². The Balaban J connectivity index is 2.12. The average molecular weight is 264 g/mol. The molecule has 1 aliphatic heterocycles. The van der Waals surface area contributed by atoms with E-state index in [1.807, 2.05) is 0 Å². The highest BCUT2D eigenvalue weighted by Crippen LogP contribution is 2.22. The summed E-state index contributed by atoms with van der Waals surface area (Å²) in [6.45, 7) is 4.37. The van der Waals surface area contributed by atoms with Crippen molar-refractivity contribution in [1.82, 2.24) is 15.0 Å². The van der Waals surface area contributed by atoms with Crippen molar-refractivity contribution < 1.29 is 9.53 Å². The Hall–Kier alpha value is -1.69. The van der Waals surface area contributed by atoms with Gasteiger partial charge in [0.05, 0.1) is 7.11 Å². The molecule has 1 saturated heterocycles. The lowest BCUT2D eigenvalue weighted by atomic mass is 10.00. The van der Waals surface area contributed by atoms with Gasteiger partial charge in [-0.05, 0) is 26.7 Å². The summed E-state index contributed by atoms with van der Waals surface area (Å²) in [5.41, 5.74) is 3.27. The molecule has 0 radical (unpaired) electrons. The zero-order valence-electron chi connectivity index (χ0n) is 11.6. The number of piperidine rings is 1. The molecule has 104 valence electrons. The second-order valence-corrected chi connectivity index (χ2v) is 4.91. The molecule has 6 nitrogen and oxygen atoms in total. The van der Waals surface area contributed by atoms with Crippen LogP contribution in [0.2, 0.25) is 0 Å². The molecule has 0 spiro atoms. The number of carbonyl (C=O) groups is 1. The molecule has 2 unspecified atom stereocenters. The smallest absolute Gasteiger partial charge is 0.376 e. The Kier molecular flexibility index (Phi) is 4.31. The number of ether oxygens (including phenoxy) is 1. The Labute approximate surface area is 113 Å². The second-order valence-electron chi connectivity index (χ2n) is 4.91. The van der Waals surface area contributed by atoms with Gasteiger partial charge in [0, 0.05) is 24.3 Å². The molecular formula is C13H20N4O2. The summed E-state index contributed by atoms with van der Waals surface area (Å²) in [7, 11) is 1.32. The molecule has 0 aromatic carbocycles. The number of nitrogens with one attached hydrogen (secondary N) is 1. The van der Waals surface area contributed by atoms with Crippen LogP contribution in [0.4, 0.5) is 5.82 Å². The molecule has 2 heterocycles. The first-order valence-corrected chi connectivity index (χ1v) is 6.58. The number of hydrogen-bond acceptors (Lipinski definition) is 6. The van der Waals surface area contributed by atoms with Gasteiger partial charge in [-0.1, -0.05) is 6.42 Å². The van der Waals surface area contributed by atoms with Crippen LogP contribution in [0, 0.1) is 0 Å². The first kappa shape index (κ1) is 13.7. The lowest BCUT2D eigenvalue weighted by Gasteiger charge is -2.39. The van der Waals surface area contributed by atoms with Gasteiger partial charge in [0.25, 0.3) is 0 Å². The normalized spacial score (nSPS) is 23.9. The molecule has 1 aromatic heterocycles. The predicted octanol–water partition coefficient (Wildman–Crippen LogP) is 1.85. The Bertz CT molecular complexity index is 442. The number of rotatable bonds is 3. The van der Waals surface area contributed by atoms with E-state index in [1.165, 1.54) is 13.5 Å². The number of nitrogens with zero attached hydrogens (tertiary/aromatic N) is 3. The highest BCUT2D eigenvalue weighted by Gasteiger charge is 2.25. The van der Waals surface area contributed by atoms with Crippen molar-refractivity contribution in [2.75, 3.05) is 12.5 Å². The van der Waals surface area contributed by atoms with E-state index in [4.69, 9.17) is 0 Å². The zero-order valence-corrected chi connectivity index (χ0v) is 11.6. The van der Waals surface area contributed by atoms with Gasteiger partial charge in [-0.15, -0.1) is 0 Å². The minimum atomic E-state index is -0.525. The molecule has 19 heavy (non-hydrogen) atoms. The van der Waals surface area contributed by atoms with Crippen molar-refractivity contribution in [3.63, 3.8) is 0 Å². The zero-order chi connectivity index (χ0) is 13.8. The molecule has 6 heteroatoms. The maximum absolute atomic E-state index is 11.4. The summed E-state index contributed by atoms with van der Waals surface area (Å²) in [6, 6.07) is 2.64. The summed E-state index contributed by atoms with van der Waals surface area (Å²) in [6.07, 6.45) is 5.12. The topological polar surface area (TPSA) is 67.3 Å². The molecule has 0 aliphatic carbocycles. The number of carbonyl (C=O) groups excluding carboxylic acids is 1.